The zero-order valence-electron chi connectivity index (χ0n) is 12.5. The van der Waals surface area contributed by atoms with Gasteiger partial charge in [0.15, 0.2) is 0 Å². The Balaban J connectivity index is 1.43. The molecule has 120 valence electrons. The van der Waals surface area contributed by atoms with Crippen molar-refractivity contribution in [3.8, 4) is 0 Å². The number of carbonyl (C=O) groups is 2. The van der Waals surface area contributed by atoms with Crippen molar-refractivity contribution in [1.29, 1.82) is 0 Å². The summed E-state index contributed by atoms with van der Waals surface area (Å²) < 4.78 is 0.960. The molecule has 2 N–H and O–H groups in total. The summed E-state index contributed by atoms with van der Waals surface area (Å²) in [5.41, 5.74) is 5.11. The Bertz CT molecular complexity index is 788. The molecular formula is C17H17ClN2O2S. The molecule has 0 aliphatic heterocycles. The average Bonchev–Trinajstić information content (AvgIpc) is 3.27. The standard InChI is InChI=1S/C17H17ClN2O2S/c18-14-11-3-1-2-4-13(11)23-15(14)17(22)20-19-16(21)12-8-9-5-6-10(12)7-9/h1-4,9-10,12H,5-8H2,(H,19,21)(H,20,22)/t9-,10+,12-/m0/s1. The van der Waals surface area contributed by atoms with Crippen LogP contribution in [0.15, 0.2) is 24.3 Å². The highest BCUT2D eigenvalue weighted by atomic mass is 35.5. The zero-order chi connectivity index (χ0) is 16.0. The summed E-state index contributed by atoms with van der Waals surface area (Å²) in [7, 11) is 0. The van der Waals surface area contributed by atoms with Crippen molar-refractivity contribution < 1.29 is 9.59 Å². The highest BCUT2D eigenvalue weighted by molar-refractivity contribution is 7.21. The summed E-state index contributed by atoms with van der Waals surface area (Å²) >= 11 is 7.62. The molecule has 6 heteroatoms. The number of benzene rings is 1. The number of hydrazine groups is 1. The fraction of sp³-hybridized carbons (Fsp3) is 0.412. The van der Waals surface area contributed by atoms with Crippen molar-refractivity contribution in [2.75, 3.05) is 0 Å². The number of hydrogen-bond acceptors (Lipinski definition) is 3. The minimum Gasteiger partial charge on any atom is -0.273 e. The first kappa shape index (κ1) is 15.0. The molecular weight excluding hydrogens is 332 g/mol. The number of amides is 2. The molecule has 2 aliphatic carbocycles. The molecule has 0 spiro atoms. The summed E-state index contributed by atoms with van der Waals surface area (Å²) in [6.07, 6.45) is 4.50. The van der Waals surface area contributed by atoms with Gasteiger partial charge >= 0.3 is 0 Å². The van der Waals surface area contributed by atoms with Gasteiger partial charge in [0, 0.05) is 16.0 Å². The molecule has 1 aromatic carbocycles. The Labute approximate surface area is 143 Å². The van der Waals surface area contributed by atoms with Crippen LogP contribution in [-0.2, 0) is 4.79 Å². The third kappa shape index (κ3) is 2.62. The quantitative estimate of drug-likeness (QED) is 0.812. The lowest BCUT2D eigenvalue weighted by atomic mass is 9.88. The van der Waals surface area contributed by atoms with Crippen molar-refractivity contribution in [1.82, 2.24) is 10.9 Å². The Morgan fingerprint density at radius 2 is 1.96 bits per heavy atom. The molecule has 1 heterocycles. The molecule has 4 rings (SSSR count). The first-order valence-electron chi connectivity index (χ1n) is 7.90. The van der Waals surface area contributed by atoms with E-state index in [1.54, 1.807) is 0 Å². The van der Waals surface area contributed by atoms with Gasteiger partial charge in [0.2, 0.25) is 5.91 Å². The van der Waals surface area contributed by atoms with Gasteiger partial charge in [-0.3, -0.25) is 20.4 Å². The molecule has 0 unspecified atom stereocenters. The topological polar surface area (TPSA) is 58.2 Å². The fourth-order valence-electron chi connectivity index (χ4n) is 3.99. The van der Waals surface area contributed by atoms with Crippen molar-refractivity contribution in [3.63, 3.8) is 0 Å². The molecule has 2 aromatic rings. The molecule has 3 atom stereocenters. The van der Waals surface area contributed by atoms with E-state index in [4.69, 9.17) is 11.6 Å². The fourth-order valence-corrected chi connectivity index (χ4v) is 5.41. The Morgan fingerprint density at radius 1 is 1.13 bits per heavy atom. The Hall–Kier alpha value is -1.59. The van der Waals surface area contributed by atoms with Crippen molar-refractivity contribution in [2.45, 2.75) is 25.7 Å². The summed E-state index contributed by atoms with van der Waals surface area (Å²) in [4.78, 5) is 25.0. The minimum absolute atomic E-state index is 0.0481. The Kier molecular flexibility index (Phi) is 3.77. The summed E-state index contributed by atoms with van der Waals surface area (Å²) in [6, 6.07) is 7.61. The molecule has 2 fully saturated rings. The summed E-state index contributed by atoms with van der Waals surface area (Å²) in [5, 5.41) is 1.31. The highest BCUT2D eigenvalue weighted by Crippen LogP contribution is 2.48. The number of carbonyl (C=O) groups excluding carboxylic acids is 2. The lowest BCUT2D eigenvalue weighted by Crippen LogP contribution is -2.45. The van der Waals surface area contributed by atoms with Gasteiger partial charge in [-0.25, -0.2) is 0 Å². The van der Waals surface area contributed by atoms with E-state index in [2.05, 4.69) is 10.9 Å². The molecule has 1 aromatic heterocycles. The first-order chi connectivity index (χ1) is 11.1. The van der Waals surface area contributed by atoms with E-state index in [0.717, 1.165) is 29.3 Å². The second-order valence-corrected chi connectivity index (χ2v) is 7.90. The van der Waals surface area contributed by atoms with Gasteiger partial charge in [0.1, 0.15) is 4.88 Å². The van der Waals surface area contributed by atoms with E-state index in [0.29, 0.717) is 21.7 Å². The van der Waals surface area contributed by atoms with Crippen LogP contribution < -0.4 is 10.9 Å². The molecule has 23 heavy (non-hydrogen) atoms. The first-order valence-corrected chi connectivity index (χ1v) is 9.10. The number of fused-ring (bicyclic) bond motifs is 3. The van der Waals surface area contributed by atoms with E-state index < -0.39 is 0 Å². The van der Waals surface area contributed by atoms with Crippen LogP contribution in [0, 0.1) is 17.8 Å². The molecule has 2 bridgehead atoms. The zero-order valence-corrected chi connectivity index (χ0v) is 14.0. The van der Waals surface area contributed by atoms with Crippen molar-refractivity contribution in [3.05, 3.63) is 34.2 Å². The normalized spacial score (nSPS) is 25.7. The van der Waals surface area contributed by atoms with Gasteiger partial charge in [0.25, 0.3) is 5.91 Å². The molecule has 2 amide bonds. The number of halogens is 1. The third-order valence-corrected chi connectivity index (χ3v) is 6.79. The monoisotopic (exact) mass is 348 g/mol. The Morgan fingerprint density at radius 3 is 2.65 bits per heavy atom. The second kappa shape index (κ2) is 5.80. The van der Waals surface area contributed by atoms with E-state index in [1.165, 1.54) is 17.8 Å². The largest absolute Gasteiger partial charge is 0.281 e. The summed E-state index contributed by atoms with van der Waals surface area (Å²) in [6.45, 7) is 0. The number of hydrogen-bond donors (Lipinski definition) is 2. The van der Waals surface area contributed by atoms with Gasteiger partial charge in [0.05, 0.1) is 5.02 Å². The molecule has 0 radical (unpaired) electrons. The maximum atomic E-state index is 12.3. The van der Waals surface area contributed by atoms with Crippen LogP contribution in [0.1, 0.15) is 35.4 Å². The van der Waals surface area contributed by atoms with Crippen LogP contribution in [0.2, 0.25) is 5.02 Å². The van der Waals surface area contributed by atoms with E-state index in [-0.39, 0.29) is 17.7 Å². The number of nitrogens with one attached hydrogen (secondary N) is 2. The summed E-state index contributed by atoms with van der Waals surface area (Å²) in [5.74, 6) is 0.815. The predicted octanol–water partition coefficient (Wildman–Crippen LogP) is 3.75. The molecule has 0 saturated heterocycles. The molecule has 2 saturated carbocycles. The molecule has 2 aliphatic rings. The lowest BCUT2D eigenvalue weighted by Gasteiger charge is -2.20. The maximum Gasteiger partial charge on any atom is 0.281 e. The van der Waals surface area contributed by atoms with E-state index in [9.17, 15) is 9.59 Å². The van der Waals surface area contributed by atoms with Crippen LogP contribution in [0.4, 0.5) is 0 Å². The number of thiophene rings is 1. The van der Waals surface area contributed by atoms with Gasteiger partial charge in [-0.15, -0.1) is 11.3 Å². The van der Waals surface area contributed by atoms with E-state index >= 15 is 0 Å². The van der Waals surface area contributed by atoms with Crippen LogP contribution in [0.5, 0.6) is 0 Å². The smallest absolute Gasteiger partial charge is 0.273 e. The minimum atomic E-state index is -0.354. The van der Waals surface area contributed by atoms with Gasteiger partial charge < -0.3 is 0 Å². The van der Waals surface area contributed by atoms with E-state index in [1.807, 2.05) is 24.3 Å². The highest BCUT2D eigenvalue weighted by Gasteiger charge is 2.43. The van der Waals surface area contributed by atoms with Crippen LogP contribution in [-0.4, -0.2) is 11.8 Å². The predicted molar refractivity (Wildman–Crippen MR) is 91.4 cm³/mol. The average molecular weight is 349 g/mol. The lowest BCUT2D eigenvalue weighted by molar-refractivity contribution is -0.127. The number of rotatable bonds is 2. The van der Waals surface area contributed by atoms with Gasteiger partial charge in [-0.1, -0.05) is 36.2 Å². The maximum absolute atomic E-state index is 12.3. The molecule has 4 nitrogen and oxygen atoms in total. The van der Waals surface area contributed by atoms with Crippen LogP contribution >= 0.6 is 22.9 Å². The second-order valence-electron chi connectivity index (χ2n) is 6.47. The van der Waals surface area contributed by atoms with Gasteiger partial charge in [-0.05, 0) is 37.2 Å². The third-order valence-electron chi connectivity index (χ3n) is 5.12. The van der Waals surface area contributed by atoms with Crippen molar-refractivity contribution >= 4 is 44.8 Å². The van der Waals surface area contributed by atoms with Crippen molar-refractivity contribution in [2.24, 2.45) is 17.8 Å². The van der Waals surface area contributed by atoms with Gasteiger partial charge in [-0.2, -0.15) is 0 Å². The van der Waals surface area contributed by atoms with Crippen LogP contribution in [0.3, 0.4) is 0 Å². The SMILES string of the molecule is O=C(NNC(=O)[C@H]1C[C@H]2CC[C@@H]1C2)c1sc2ccccc2c1Cl. The van der Waals surface area contributed by atoms with Crippen LogP contribution in [0.25, 0.3) is 10.1 Å².